The van der Waals surface area contributed by atoms with Crippen LogP contribution in [0.5, 0.6) is 11.5 Å². The molecule has 3 heterocycles. The minimum Gasteiger partial charge on any atom is -0.508 e. The Kier molecular flexibility index (Phi) is 6.71. The number of carbonyl (C=O) groups is 1. The van der Waals surface area contributed by atoms with Crippen LogP contribution in [0.25, 0.3) is 0 Å². The summed E-state index contributed by atoms with van der Waals surface area (Å²) in [5.74, 6) is -0.838. The molecule has 3 N–H and O–H groups in total. The quantitative estimate of drug-likeness (QED) is 0.629. The van der Waals surface area contributed by atoms with Gasteiger partial charge in [-0.3, -0.25) is 4.90 Å². The van der Waals surface area contributed by atoms with E-state index < -0.39 is 11.9 Å². The van der Waals surface area contributed by atoms with Crippen LogP contribution in [0.4, 0.5) is 13.6 Å². The second kappa shape index (κ2) is 9.52. The predicted octanol–water partition coefficient (Wildman–Crippen LogP) is 3.76. The molecule has 0 saturated carbocycles. The topological polar surface area (TPSA) is 93.5 Å². The molecule has 3 aliphatic rings. The van der Waals surface area contributed by atoms with E-state index in [0.717, 1.165) is 32.4 Å². The predicted molar refractivity (Wildman–Crippen MR) is 116 cm³/mol. The van der Waals surface area contributed by atoms with E-state index in [1.807, 2.05) is 0 Å². The number of hydrogen-bond donors (Lipinski definition) is 3. The molecule has 1 amide bonds. The fraction of sp³-hybridized carbons (Fsp3) is 0.458. The Hall–Kier alpha value is -2.91. The van der Waals surface area contributed by atoms with Crippen LogP contribution in [0.1, 0.15) is 30.7 Å². The van der Waals surface area contributed by atoms with Crippen LogP contribution in [-0.2, 0) is 4.74 Å². The first-order valence-electron chi connectivity index (χ1n) is 11.0. The number of phenols is 2. The molecule has 7 nitrogen and oxygen atoms in total. The van der Waals surface area contributed by atoms with E-state index in [1.54, 1.807) is 6.07 Å². The molecule has 0 aromatic heterocycles. The van der Waals surface area contributed by atoms with Crippen molar-refractivity contribution in [2.24, 2.45) is 0 Å². The van der Waals surface area contributed by atoms with Crippen molar-refractivity contribution in [1.82, 2.24) is 9.80 Å². The fourth-order valence-corrected chi connectivity index (χ4v) is 4.94. The number of amides is 1. The van der Waals surface area contributed by atoms with Crippen molar-refractivity contribution < 1.29 is 33.6 Å². The molecule has 33 heavy (non-hydrogen) atoms. The Labute approximate surface area is 190 Å². The number of phenolic OH excluding ortho intramolecular Hbond substituents is 2. The zero-order chi connectivity index (χ0) is 23.6. The Morgan fingerprint density at radius 2 is 1.73 bits per heavy atom. The van der Waals surface area contributed by atoms with Gasteiger partial charge in [0, 0.05) is 6.04 Å². The van der Waals surface area contributed by atoms with Gasteiger partial charge >= 0.3 is 6.09 Å². The van der Waals surface area contributed by atoms with Gasteiger partial charge in [0.05, 0.1) is 19.7 Å². The molecule has 2 aromatic rings. The monoisotopic (exact) mass is 462 g/mol. The highest BCUT2D eigenvalue weighted by molar-refractivity contribution is 5.66. The van der Waals surface area contributed by atoms with Gasteiger partial charge < -0.3 is 25.0 Å². The summed E-state index contributed by atoms with van der Waals surface area (Å²) >= 11 is 0. The minimum atomic E-state index is -0.881. The zero-order valence-corrected chi connectivity index (χ0v) is 18.2. The van der Waals surface area contributed by atoms with Crippen molar-refractivity contribution in [2.45, 2.75) is 36.8 Å². The van der Waals surface area contributed by atoms with E-state index in [2.05, 4.69) is 4.90 Å². The first kappa shape index (κ1) is 23.3. The third-order valence-electron chi connectivity index (χ3n) is 6.75. The molecule has 1 spiro atoms. The second-order valence-corrected chi connectivity index (χ2v) is 8.96. The number of halogens is 2. The third kappa shape index (κ3) is 5.20. The molecular weight excluding hydrogens is 434 g/mol. The van der Waals surface area contributed by atoms with Gasteiger partial charge in [-0.15, -0.1) is 0 Å². The van der Waals surface area contributed by atoms with Crippen LogP contribution in [-0.4, -0.2) is 75.6 Å². The third-order valence-corrected chi connectivity index (χ3v) is 6.75. The van der Waals surface area contributed by atoms with Crippen molar-refractivity contribution in [3.8, 4) is 11.5 Å². The summed E-state index contributed by atoms with van der Waals surface area (Å²) < 4.78 is 31.5. The van der Waals surface area contributed by atoms with Crippen LogP contribution in [0.15, 0.2) is 42.5 Å². The van der Waals surface area contributed by atoms with E-state index in [-0.39, 0.29) is 28.8 Å². The van der Waals surface area contributed by atoms with E-state index in [9.17, 15) is 18.7 Å². The maximum atomic E-state index is 13.5. The summed E-state index contributed by atoms with van der Waals surface area (Å²) in [5, 5.41) is 27.5. The fourth-order valence-electron chi connectivity index (χ4n) is 4.94. The number of carboxylic acid groups (broad SMARTS) is 1. The Bertz CT molecular complexity index is 970. The Morgan fingerprint density at radius 3 is 2.33 bits per heavy atom. The summed E-state index contributed by atoms with van der Waals surface area (Å²) in [6.07, 6.45) is 1.74. The maximum absolute atomic E-state index is 13.5. The summed E-state index contributed by atoms with van der Waals surface area (Å²) in [5.41, 5.74) is 0.413. The lowest BCUT2D eigenvalue weighted by Gasteiger charge is -2.45. The molecule has 0 unspecified atom stereocenters. The lowest BCUT2D eigenvalue weighted by molar-refractivity contribution is -0.0982. The van der Waals surface area contributed by atoms with E-state index in [1.165, 1.54) is 41.3 Å². The molecule has 3 saturated heterocycles. The summed E-state index contributed by atoms with van der Waals surface area (Å²) in [6.45, 7) is 3.34. The molecular formula is C24H28F2N2O5. The second-order valence-electron chi connectivity index (χ2n) is 8.96. The molecule has 178 valence electrons. The number of para-hydroxylation sites is 1. The zero-order valence-electron chi connectivity index (χ0n) is 18.2. The van der Waals surface area contributed by atoms with Crippen LogP contribution in [0, 0.1) is 11.6 Å². The molecule has 3 fully saturated rings. The average molecular weight is 462 g/mol. The highest BCUT2D eigenvalue weighted by atomic mass is 19.1. The van der Waals surface area contributed by atoms with Gasteiger partial charge in [-0.05, 0) is 74.2 Å². The molecule has 5 rings (SSSR count). The van der Waals surface area contributed by atoms with Gasteiger partial charge in [0.1, 0.15) is 17.2 Å². The van der Waals surface area contributed by atoms with Crippen LogP contribution < -0.4 is 0 Å². The van der Waals surface area contributed by atoms with Crippen LogP contribution in [0.2, 0.25) is 0 Å². The molecule has 3 aliphatic heterocycles. The van der Waals surface area contributed by atoms with Crippen LogP contribution in [0.3, 0.4) is 0 Å². The number of benzene rings is 2. The van der Waals surface area contributed by atoms with Crippen molar-refractivity contribution in [2.75, 3.05) is 32.8 Å². The average Bonchev–Trinajstić information content (AvgIpc) is 3.23. The number of ether oxygens (including phenoxy) is 1. The lowest BCUT2D eigenvalue weighted by atomic mass is 9.86. The number of rotatable bonds is 2. The molecule has 0 bridgehead atoms. The number of hydrogen-bond acceptors (Lipinski definition) is 5. The molecule has 0 aliphatic carbocycles. The van der Waals surface area contributed by atoms with Crippen LogP contribution >= 0.6 is 0 Å². The number of piperidine rings is 1. The molecule has 1 atom stereocenters. The van der Waals surface area contributed by atoms with Crippen molar-refractivity contribution in [1.29, 1.82) is 0 Å². The van der Waals surface area contributed by atoms with Crippen molar-refractivity contribution in [3.05, 3.63) is 59.7 Å². The number of likely N-dealkylation sites (tertiary alicyclic amines) is 2. The van der Waals surface area contributed by atoms with Crippen molar-refractivity contribution >= 4 is 6.09 Å². The first-order valence-corrected chi connectivity index (χ1v) is 11.0. The van der Waals surface area contributed by atoms with E-state index in [0.29, 0.717) is 31.3 Å². The SMILES string of the molecule is O=C(O)N1CC2(C[C@H](N3CCC(c4cc(F)ccc4O)CC3)CO2)C1.Oc1ccccc1F. The first-order chi connectivity index (χ1) is 15.8. The molecule has 9 heteroatoms. The highest BCUT2D eigenvalue weighted by Gasteiger charge is 2.52. The highest BCUT2D eigenvalue weighted by Crippen LogP contribution is 2.40. The van der Waals surface area contributed by atoms with E-state index >= 15 is 0 Å². The van der Waals surface area contributed by atoms with Gasteiger partial charge in [-0.1, -0.05) is 12.1 Å². The summed E-state index contributed by atoms with van der Waals surface area (Å²) in [6, 6.07) is 10.1. The normalized spacial score (nSPS) is 22.5. The molecule has 2 aromatic carbocycles. The largest absolute Gasteiger partial charge is 0.508 e. The number of aromatic hydroxyl groups is 2. The Morgan fingerprint density at radius 1 is 1.03 bits per heavy atom. The summed E-state index contributed by atoms with van der Waals surface area (Å²) in [4.78, 5) is 14.7. The Balaban J connectivity index is 0.000000275. The lowest BCUT2D eigenvalue weighted by Crippen LogP contribution is -2.63. The standard InChI is InChI=1S/C18H23FN2O4.C6H5FO/c19-13-1-2-16(22)15(7-13)12-3-5-20(6-4-12)14-8-18(25-9-14)10-21(11-18)17(23)24;7-5-3-1-2-4-6(5)8/h1-2,7,12,14,22H,3-6,8-11H2,(H,23,24);1-4,8H/t14-;/m0./s1. The van der Waals surface area contributed by atoms with Gasteiger partial charge in [0.25, 0.3) is 0 Å². The summed E-state index contributed by atoms with van der Waals surface area (Å²) in [7, 11) is 0. The van der Waals surface area contributed by atoms with E-state index in [4.69, 9.17) is 14.9 Å². The number of nitrogens with zero attached hydrogens (tertiary/aromatic N) is 2. The van der Waals surface area contributed by atoms with Gasteiger partial charge in [-0.25, -0.2) is 13.6 Å². The van der Waals surface area contributed by atoms with Gasteiger partial charge in [-0.2, -0.15) is 0 Å². The molecule has 0 radical (unpaired) electrons. The van der Waals surface area contributed by atoms with Gasteiger partial charge in [0.2, 0.25) is 0 Å². The van der Waals surface area contributed by atoms with Gasteiger partial charge in [0.15, 0.2) is 11.6 Å². The smallest absolute Gasteiger partial charge is 0.407 e. The minimum absolute atomic E-state index is 0.172. The van der Waals surface area contributed by atoms with Crippen molar-refractivity contribution in [3.63, 3.8) is 0 Å². The maximum Gasteiger partial charge on any atom is 0.407 e.